The van der Waals surface area contributed by atoms with E-state index in [1.165, 1.54) is 0 Å². The van der Waals surface area contributed by atoms with Crippen LogP contribution in [0.15, 0.2) is 29.2 Å². The van der Waals surface area contributed by atoms with E-state index in [1.54, 1.807) is 39.3 Å². The van der Waals surface area contributed by atoms with Crippen LogP contribution in [-0.2, 0) is 14.6 Å². The van der Waals surface area contributed by atoms with E-state index < -0.39 is 9.84 Å². The molecule has 1 aromatic carbocycles. The normalized spacial score (nSPS) is 13.6. The number of hydrogen-bond acceptors (Lipinski definition) is 4. The van der Waals surface area contributed by atoms with Crippen molar-refractivity contribution in [3.8, 4) is 0 Å². The maximum absolute atomic E-state index is 12.2. The zero-order valence-electron chi connectivity index (χ0n) is 10.4. The average Bonchev–Trinajstić information content (AvgIpc) is 2.28. The number of methoxy groups -OCH3 is 1. The maximum atomic E-state index is 12.2. The van der Waals surface area contributed by atoms with Crippen LogP contribution in [0, 0.1) is 6.92 Å². The van der Waals surface area contributed by atoms with Gasteiger partial charge < -0.3 is 10.1 Å². The highest BCUT2D eigenvalue weighted by Gasteiger charge is 2.21. The Morgan fingerprint density at radius 1 is 1.35 bits per heavy atom. The quantitative estimate of drug-likeness (QED) is 0.826. The maximum Gasteiger partial charge on any atom is 0.180 e. The first-order chi connectivity index (χ1) is 8.01. The minimum Gasteiger partial charge on any atom is -0.383 e. The van der Waals surface area contributed by atoms with E-state index in [9.17, 15) is 8.42 Å². The van der Waals surface area contributed by atoms with Gasteiger partial charge in [-0.1, -0.05) is 18.2 Å². The van der Waals surface area contributed by atoms with Crippen LogP contribution in [-0.4, -0.2) is 41.0 Å². The van der Waals surface area contributed by atoms with Crippen molar-refractivity contribution < 1.29 is 13.2 Å². The van der Waals surface area contributed by atoms with Gasteiger partial charge in [0.2, 0.25) is 0 Å². The number of benzene rings is 1. The third-order valence-electron chi connectivity index (χ3n) is 2.63. The summed E-state index contributed by atoms with van der Waals surface area (Å²) in [6, 6.07) is 6.83. The molecule has 0 spiro atoms. The molecule has 1 atom stereocenters. The molecule has 0 amide bonds. The number of aryl methyl sites for hydroxylation is 1. The smallest absolute Gasteiger partial charge is 0.180 e. The van der Waals surface area contributed by atoms with Gasteiger partial charge in [0.05, 0.1) is 17.3 Å². The van der Waals surface area contributed by atoms with Gasteiger partial charge in [-0.2, -0.15) is 0 Å². The van der Waals surface area contributed by atoms with Gasteiger partial charge in [-0.05, 0) is 25.6 Å². The van der Waals surface area contributed by atoms with E-state index in [2.05, 4.69) is 5.32 Å². The Morgan fingerprint density at radius 3 is 2.53 bits per heavy atom. The van der Waals surface area contributed by atoms with Crippen LogP contribution >= 0.6 is 0 Å². The van der Waals surface area contributed by atoms with Crippen molar-refractivity contribution in [2.75, 3.05) is 26.5 Å². The van der Waals surface area contributed by atoms with E-state index in [-0.39, 0.29) is 11.8 Å². The molecule has 0 fully saturated rings. The first-order valence-corrected chi connectivity index (χ1v) is 7.11. The van der Waals surface area contributed by atoms with Gasteiger partial charge in [0.25, 0.3) is 0 Å². The summed E-state index contributed by atoms with van der Waals surface area (Å²) < 4.78 is 29.4. The molecule has 1 aromatic rings. The Morgan fingerprint density at radius 2 is 2.00 bits per heavy atom. The second-order valence-electron chi connectivity index (χ2n) is 3.99. The molecule has 1 N–H and O–H groups in total. The van der Waals surface area contributed by atoms with E-state index in [1.807, 2.05) is 6.07 Å². The van der Waals surface area contributed by atoms with E-state index in [0.717, 1.165) is 5.56 Å². The first kappa shape index (κ1) is 14.2. The fourth-order valence-electron chi connectivity index (χ4n) is 1.68. The minimum atomic E-state index is -3.27. The Hall–Kier alpha value is -0.910. The molecule has 0 aliphatic heterocycles. The molecule has 0 bridgehead atoms. The number of ether oxygens (including phenoxy) is 1. The summed E-state index contributed by atoms with van der Waals surface area (Å²) in [6.45, 7) is 2.18. The number of rotatable bonds is 6. The van der Waals surface area contributed by atoms with Crippen molar-refractivity contribution in [2.24, 2.45) is 0 Å². The van der Waals surface area contributed by atoms with Crippen molar-refractivity contribution in [3.63, 3.8) is 0 Å². The van der Waals surface area contributed by atoms with E-state index in [0.29, 0.717) is 11.5 Å². The van der Waals surface area contributed by atoms with Crippen LogP contribution in [0.4, 0.5) is 0 Å². The van der Waals surface area contributed by atoms with Crippen molar-refractivity contribution in [1.82, 2.24) is 5.32 Å². The van der Waals surface area contributed by atoms with Gasteiger partial charge in [0.15, 0.2) is 9.84 Å². The fraction of sp³-hybridized carbons (Fsp3) is 0.500. The molecule has 0 heterocycles. The van der Waals surface area contributed by atoms with Crippen LogP contribution in [0.25, 0.3) is 0 Å². The number of sulfone groups is 1. The highest BCUT2D eigenvalue weighted by Crippen LogP contribution is 2.16. The largest absolute Gasteiger partial charge is 0.383 e. The molecular weight excluding hydrogens is 238 g/mol. The summed E-state index contributed by atoms with van der Waals surface area (Å²) in [6.07, 6.45) is 0. The molecule has 1 unspecified atom stereocenters. The van der Waals surface area contributed by atoms with Crippen molar-refractivity contribution in [2.45, 2.75) is 17.9 Å². The summed E-state index contributed by atoms with van der Waals surface area (Å²) in [5.41, 5.74) is 0.778. The molecule has 17 heavy (non-hydrogen) atoms. The molecule has 0 saturated heterocycles. The highest BCUT2D eigenvalue weighted by atomic mass is 32.2. The van der Waals surface area contributed by atoms with Crippen LogP contribution in [0.1, 0.15) is 5.56 Å². The zero-order chi connectivity index (χ0) is 12.9. The average molecular weight is 257 g/mol. The molecule has 0 aliphatic rings. The summed E-state index contributed by atoms with van der Waals surface area (Å²) >= 11 is 0. The lowest BCUT2D eigenvalue weighted by Gasteiger charge is -2.16. The summed E-state index contributed by atoms with van der Waals surface area (Å²) in [5.74, 6) is 0.0438. The summed E-state index contributed by atoms with van der Waals surface area (Å²) in [4.78, 5) is 0.399. The van der Waals surface area contributed by atoms with Gasteiger partial charge in [-0.3, -0.25) is 0 Å². The Kier molecular flexibility index (Phi) is 5.11. The predicted octanol–water partition coefficient (Wildman–Crippen LogP) is 1.00. The monoisotopic (exact) mass is 257 g/mol. The molecule has 0 aliphatic carbocycles. The molecule has 96 valence electrons. The Labute approximate surface area is 103 Å². The SMILES string of the molecule is CNC(COC)CS(=O)(=O)c1ccccc1C. The lowest BCUT2D eigenvalue weighted by atomic mass is 10.2. The molecule has 4 nitrogen and oxygen atoms in total. The molecular formula is C12H19NO3S. The molecule has 0 aromatic heterocycles. The number of hydrogen-bond donors (Lipinski definition) is 1. The second kappa shape index (κ2) is 6.14. The van der Waals surface area contributed by atoms with Gasteiger partial charge in [-0.25, -0.2) is 8.42 Å². The van der Waals surface area contributed by atoms with Crippen LogP contribution in [0.5, 0.6) is 0 Å². The zero-order valence-corrected chi connectivity index (χ0v) is 11.3. The van der Waals surface area contributed by atoms with Crippen LogP contribution in [0.3, 0.4) is 0 Å². The topological polar surface area (TPSA) is 55.4 Å². The second-order valence-corrected chi connectivity index (χ2v) is 5.99. The molecule has 0 saturated carbocycles. The summed E-state index contributed by atoms with van der Waals surface area (Å²) in [5, 5.41) is 2.94. The molecule has 0 radical (unpaired) electrons. The predicted molar refractivity (Wildman–Crippen MR) is 68.0 cm³/mol. The third kappa shape index (κ3) is 3.80. The standard InChI is InChI=1S/C12H19NO3S/c1-10-6-4-5-7-12(10)17(14,15)9-11(13-2)8-16-3/h4-7,11,13H,8-9H2,1-3H3. The minimum absolute atomic E-state index is 0.0438. The van der Waals surface area contributed by atoms with Crippen LogP contribution < -0.4 is 5.32 Å². The Bertz CT molecular complexity index is 457. The number of nitrogens with one attached hydrogen (secondary N) is 1. The van der Waals surface area contributed by atoms with Gasteiger partial charge in [-0.15, -0.1) is 0 Å². The van der Waals surface area contributed by atoms with E-state index >= 15 is 0 Å². The van der Waals surface area contributed by atoms with E-state index in [4.69, 9.17) is 4.74 Å². The van der Waals surface area contributed by atoms with Crippen molar-refractivity contribution in [1.29, 1.82) is 0 Å². The highest BCUT2D eigenvalue weighted by molar-refractivity contribution is 7.91. The summed E-state index contributed by atoms with van der Waals surface area (Å²) in [7, 11) is 0.0265. The first-order valence-electron chi connectivity index (χ1n) is 5.46. The van der Waals surface area contributed by atoms with Gasteiger partial charge in [0, 0.05) is 13.2 Å². The van der Waals surface area contributed by atoms with Crippen LogP contribution in [0.2, 0.25) is 0 Å². The van der Waals surface area contributed by atoms with Crippen molar-refractivity contribution in [3.05, 3.63) is 29.8 Å². The van der Waals surface area contributed by atoms with Crippen molar-refractivity contribution >= 4 is 9.84 Å². The van der Waals surface area contributed by atoms with Gasteiger partial charge in [0.1, 0.15) is 0 Å². The fourth-order valence-corrected chi connectivity index (χ4v) is 3.49. The molecule has 5 heteroatoms. The lowest BCUT2D eigenvalue weighted by Crippen LogP contribution is -2.37. The Balaban J connectivity index is 2.92. The number of likely N-dealkylation sites (N-methyl/N-ethyl adjacent to an activating group) is 1. The molecule has 1 rings (SSSR count). The third-order valence-corrected chi connectivity index (χ3v) is 4.59. The van der Waals surface area contributed by atoms with Gasteiger partial charge >= 0.3 is 0 Å². The lowest BCUT2D eigenvalue weighted by molar-refractivity contribution is 0.176.